The van der Waals surface area contributed by atoms with Gasteiger partial charge in [0.1, 0.15) is 0 Å². The number of carboxylic acid groups (broad SMARTS) is 1. The molecular formula is C12H23NO2. The quantitative estimate of drug-likeness (QED) is 0.578. The molecule has 0 amide bonds. The number of carboxylic acids is 1. The summed E-state index contributed by atoms with van der Waals surface area (Å²) in [5, 5.41) is 11.8. The number of unbranched alkanes of at least 4 members (excludes halogenated alkanes) is 1. The summed E-state index contributed by atoms with van der Waals surface area (Å²) in [5.41, 5.74) is 0.236. The molecule has 0 fully saturated rings. The minimum absolute atomic E-state index is 0.236. The summed E-state index contributed by atoms with van der Waals surface area (Å²) in [6, 6.07) is 0. The lowest BCUT2D eigenvalue weighted by atomic mass is 9.99. The molecule has 0 rings (SSSR count). The van der Waals surface area contributed by atoms with Gasteiger partial charge in [-0.25, -0.2) is 4.79 Å². The zero-order chi connectivity index (χ0) is 11.7. The normalized spacial score (nSPS) is 12.4. The molecule has 0 aliphatic heterocycles. The predicted octanol–water partition coefficient (Wildman–Crippen LogP) is 2.43. The fourth-order valence-electron chi connectivity index (χ4n) is 1.45. The number of carbonyl (C=O) groups is 1. The maximum absolute atomic E-state index is 10.5. The number of hydrogen-bond donors (Lipinski definition) is 2. The molecule has 0 radical (unpaired) electrons. The van der Waals surface area contributed by atoms with Crippen LogP contribution < -0.4 is 5.32 Å². The lowest BCUT2D eigenvalue weighted by Gasteiger charge is -2.15. The van der Waals surface area contributed by atoms with Gasteiger partial charge in [-0.2, -0.15) is 0 Å². The Bertz CT molecular complexity index is 202. The van der Waals surface area contributed by atoms with E-state index < -0.39 is 5.97 Å². The van der Waals surface area contributed by atoms with E-state index in [2.05, 4.69) is 25.7 Å². The van der Waals surface area contributed by atoms with Gasteiger partial charge >= 0.3 is 5.97 Å². The van der Waals surface area contributed by atoms with Crippen molar-refractivity contribution >= 4 is 5.97 Å². The Hall–Kier alpha value is -0.830. The van der Waals surface area contributed by atoms with E-state index in [-0.39, 0.29) is 5.57 Å². The van der Waals surface area contributed by atoms with Crippen molar-refractivity contribution in [3.05, 3.63) is 12.2 Å². The smallest absolute Gasteiger partial charge is 0.332 e. The standard InChI is InChI=1S/C12H23NO2/c1-4-6-7-11(5-2)9-13-8-10(3)12(14)15/h11,13H,3-9H2,1-2H3,(H,14,15). The first kappa shape index (κ1) is 14.2. The van der Waals surface area contributed by atoms with Crippen LogP contribution >= 0.6 is 0 Å². The van der Waals surface area contributed by atoms with Gasteiger partial charge in [0.05, 0.1) is 0 Å². The highest BCUT2D eigenvalue weighted by Crippen LogP contribution is 2.11. The fraction of sp³-hybridized carbons (Fsp3) is 0.750. The average Bonchev–Trinajstić information content (AvgIpc) is 2.22. The van der Waals surface area contributed by atoms with Gasteiger partial charge in [-0.3, -0.25) is 0 Å². The molecule has 0 aromatic rings. The van der Waals surface area contributed by atoms with Gasteiger partial charge < -0.3 is 10.4 Å². The summed E-state index contributed by atoms with van der Waals surface area (Å²) >= 11 is 0. The molecule has 0 aliphatic rings. The highest BCUT2D eigenvalue weighted by Gasteiger charge is 2.07. The van der Waals surface area contributed by atoms with Gasteiger partial charge in [0, 0.05) is 12.1 Å². The molecule has 0 bridgehead atoms. The van der Waals surface area contributed by atoms with Gasteiger partial charge in [0.15, 0.2) is 0 Å². The fourth-order valence-corrected chi connectivity index (χ4v) is 1.45. The van der Waals surface area contributed by atoms with Crippen LogP contribution in [0, 0.1) is 5.92 Å². The van der Waals surface area contributed by atoms with Crippen molar-refractivity contribution in [3.8, 4) is 0 Å². The third-order valence-corrected chi connectivity index (χ3v) is 2.62. The monoisotopic (exact) mass is 213 g/mol. The Kier molecular flexibility index (Phi) is 8.01. The van der Waals surface area contributed by atoms with E-state index in [0.29, 0.717) is 12.5 Å². The molecule has 1 atom stereocenters. The number of nitrogens with one attached hydrogen (secondary N) is 1. The minimum Gasteiger partial charge on any atom is -0.478 e. The second-order valence-electron chi connectivity index (χ2n) is 3.96. The largest absolute Gasteiger partial charge is 0.478 e. The zero-order valence-electron chi connectivity index (χ0n) is 9.88. The summed E-state index contributed by atoms with van der Waals surface area (Å²) < 4.78 is 0. The van der Waals surface area contributed by atoms with Crippen LogP contribution in [0.2, 0.25) is 0 Å². The van der Waals surface area contributed by atoms with Crippen LogP contribution in [0.4, 0.5) is 0 Å². The van der Waals surface area contributed by atoms with Crippen LogP contribution in [0.25, 0.3) is 0 Å². The van der Waals surface area contributed by atoms with Gasteiger partial charge in [0.2, 0.25) is 0 Å². The minimum atomic E-state index is -0.913. The molecule has 0 aromatic heterocycles. The van der Waals surface area contributed by atoms with Crippen LogP contribution in [0.1, 0.15) is 39.5 Å². The van der Waals surface area contributed by atoms with Crippen LogP contribution in [-0.4, -0.2) is 24.2 Å². The molecule has 88 valence electrons. The van der Waals surface area contributed by atoms with E-state index >= 15 is 0 Å². The van der Waals surface area contributed by atoms with Crippen molar-refractivity contribution in [2.24, 2.45) is 5.92 Å². The molecule has 0 aromatic carbocycles. The Morgan fingerprint density at radius 1 is 1.47 bits per heavy atom. The molecule has 3 heteroatoms. The van der Waals surface area contributed by atoms with Crippen molar-refractivity contribution < 1.29 is 9.90 Å². The van der Waals surface area contributed by atoms with E-state index in [9.17, 15) is 4.79 Å². The third-order valence-electron chi connectivity index (χ3n) is 2.62. The summed E-state index contributed by atoms with van der Waals surface area (Å²) in [6.45, 7) is 9.12. The maximum Gasteiger partial charge on any atom is 0.332 e. The molecule has 2 N–H and O–H groups in total. The highest BCUT2D eigenvalue weighted by molar-refractivity contribution is 5.86. The third kappa shape index (κ3) is 7.14. The van der Waals surface area contributed by atoms with Crippen LogP contribution in [0.3, 0.4) is 0 Å². The number of aliphatic carboxylic acids is 1. The predicted molar refractivity (Wildman–Crippen MR) is 63.0 cm³/mol. The van der Waals surface area contributed by atoms with Crippen molar-refractivity contribution in [1.82, 2.24) is 5.32 Å². The van der Waals surface area contributed by atoms with Gasteiger partial charge in [-0.1, -0.05) is 39.7 Å². The van der Waals surface area contributed by atoms with E-state index in [1.54, 1.807) is 0 Å². The van der Waals surface area contributed by atoms with E-state index in [0.717, 1.165) is 13.0 Å². The van der Waals surface area contributed by atoms with Crippen molar-refractivity contribution in [1.29, 1.82) is 0 Å². The number of rotatable bonds is 9. The van der Waals surface area contributed by atoms with Crippen molar-refractivity contribution in [3.63, 3.8) is 0 Å². The lowest BCUT2D eigenvalue weighted by molar-refractivity contribution is -0.132. The summed E-state index contributed by atoms with van der Waals surface area (Å²) in [4.78, 5) is 10.5. The Balaban J connectivity index is 3.62. The second kappa shape index (κ2) is 8.48. The molecule has 0 aliphatic carbocycles. The first-order valence-electron chi connectivity index (χ1n) is 5.73. The zero-order valence-corrected chi connectivity index (χ0v) is 9.88. The van der Waals surface area contributed by atoms with Crippen molar-refractivity contribution in [2.75, 3.05) is 13.1 Å². The van der Waals surface area contributed by atoms with Gasteiger partial charge in [-0.05, 0) is 18.9 Å². The van der Waals surface area contributed by atoms with Gasteiger partial charge in [-0.15, -0.1) is 0 Å². The lowest BCUT2D eigenvalue weighted by Crippen LogP contribution is -2.26. The van der Waals surface area contributed by atoms with Crippen LogP contribution in [0.15, 0.2) is 12.2 Å². The highest BCUT2D eigenvalue weighted by atomic mass is 16.4. The summed E-state index contributed by atoms with van der Waals surface area (Å²) in [7, 11) is 0. The average molecular weight is 213 g/mol. The topological polar surface area (TPSA) is 49.3 Å². The molecule has 0 heterocycles. The first-order chi connectivity index (χ1) is 7.11. The summed E-state index contributed by atoms with van der Waals surface area (Å²) in [6.07, 6.45) is 4.84. The van der Waals surface area contributed by atoms with Crippen molar-refractivity contribution in [2.45, 2.75) is 39.5 Å². The molecular weight excluding hydrogens is 190 g/mol. The Morgan fingerprint density at radius 2 is 2.13 bits per heavy atom. The molecule has 0 saturated carbocycles. The number of hydrogen-bond acceptors (Lipinski definition) is 2. The van der Waals surface area contributed by atoms with Gasteiger partial charge in [0.25, 0.3) is 0 Å². The first-order valence-corrected chi connectivity index (χ1v) is 5.73. The van der Waals surface area contributed by atoms with Crippen LogP contribution in [0.5, 0.6) is 0 Å². The second-order valence-corrected chi connectivity index (χ2v) is 3.96. The molecule has 3 nitrogen and oxygen atoms in total. The van der Waals surface area contributed by atoms with E-state index in [1.807, 2.05) is 0 Å². The SMILES string of the molecule is C=C(CNCC(CC)CCCC)C(=O)O. The molecule has 1 unspecified atom stereocenters. The maximum atomic E-state index is 10.5. The molecule has 15 heavy (non-hydrogen) atoms. The molecule has 0 spiro atoms. The molecule has 0 saturated heterocycles. The Labute approximate surface area is 92.6 Å². The van der Waals surface area contributed by atoms with E-state index in [4.69, 9.17) is 5.11 Å². The van der Waals surface area contributed by atoms with E-state index in [1.165, 1.54) is 19.3 Å². The van der Waals surface area contributed by atoms with Crippen LogP contribution in [-0.2, 0) is 4.79 Å². The Morgan fingerprint density at radius 3 is 2.60 bits per heavy atom. The summed E-state index contributed by atoms with van der Waals surface area (Å²) in [5.74, 6) is -0.254.